The summed E-state index contributed by atoms with van der Waals surface area (Å²) in [5.74, 6) is 0. The molecule has 0 fully saturated rings. The molecule has 0 bridgehead atoms. The number of hydrogen-bond donors (Lipinski definition) is 1. The summed E-state index contributed by atoms with van der Waals surface area (Å²) in [6, 6.07) is 12.4. The van der Waals surface area contributed by atoms with Gasteiger partial charge < -0.3 is 0 Å². The van der Waals surface area contributed by atoms with E-state index in [0.717, 1.165) is 6.07 Å². The van der Waals surface area contributed by atoms with E-state index in [0.29, 0.717) is 16.9 Å². The number of nitrogens with one attached hydrogen (secondary N) is 1. The molecule has 3 rings (SSSR count). The van der Waals surface area contributed by atoms with E-state index in [9.17, 15) is 23.3 Å². The third-order valence-corrected chi connectivity index (χ3v) is 5.83. The molecule has 0 radical (unpaired) electrons. The number of sulfonamides is 1. The van der Waals surface area contributed by atoms with E-state index in [1.54, 1.807) is 44.3 Å². The van der Waals surface area contributed by atoms with Gasteiger partial charge in [0.15, 0.2) is 0 Å². The van der Waals surface area contributed by atoms with Crippen LogP contribution in [0.4, 0.5) is 11.4 Å². The fourth-order valence-electron chi connectivity index (χ4n) is 2.83. The molecule has 28 heavy (non-hydrogen) atoms. The molecule has 0 unspecified atom stereocenters. The molecule has 2 aromatic carbocycles. The van der Waals surface area contributed by atoms with Crippen molar-refractivity contribution in [2.24, 2.45) is 7.05 Å². The third kappa shape index (κ3) is 3.29. The molecule has 1 N–H and O–H groups in total. The minimum Gasteiger partial charge on any atom is -0.283 e. The Hall–Kier alpha value is -3.40. The standard InChI is InChI=1S/C18H18N4O5S/c1-12-9-10-15(11-16(12)22(24)25)28(26,27)19-17-13(2)20(3)21(18(17)23)14-7-5-4-6-8-14/h4-11,19H,1-3H3. The molecule has 1 heterocycles. The minimum atomic E-state index is -4.20. The molecule has 0 aliphatic carbocycles. The second-order valence-corrected chi connectivity index (χ2v) is 7.93. The molecule has 0 atom stereocenters. The van der Waals surface area contributed by atoms with Crippen LogP contribution in [-0.2, 0) is 17.1 Å². The van der Waals surface area contributed by atoms with Gasteiger partial charge >= 0.3 is 0 Å². The molecular weight excluding hydrogens is 384 g/mol. The SMILES string of the molecule is Cc1ccc(S(=O)(=O)Nc2c(C)n(C)n(-c3ccccc3)c2=O)cc1[N+](=O)[O-]. The Kier molecular flexibility index (Phi) is 4.82. The maximum atomic E-state index is 12.9. The van der Waals surface area contributed by atoms with Crippen molar-refractivity contribution in [1.82, 2.24) is 9.36 Å². The number of hydrogen-bond acceptors (Lipinski definition) is 5. The van der Waals surface area contributed by atoms with Gasteiger partial charge in [-0.1, -0.05) is 24.3 Å². The van der Waals surface area contributed by atoms with E-state index in [1.165, 1.54) is 28.4 Å². The molecule has 146 valence electrons. The lowest BCUT2D eigenvalue weighted by Gasteiger charge is -2.08. The monoisotopic (exact) mass is 402 g/mol. The van der Waals surface area contributed by atoms with Gasteiger partial charge in [0, 0.05) is 18.7 Å². The summed E-state index contributed by atoms with van der Waals surface area (Å²) >= 11 is 0. The average molecular weight is 402 g/mol. The lowest BCUT2D eigenvalue weighted by molar-refractivity contribution is -0.385. The number of nitro benzene ring substituents is 1. The van der Waals surface area contributed by atoms with Gasteiger partial charge in [0.1, 0.15) is 5.69 Å². The largest absolute Gasteiger partial charge is 0.296 e. The summed E-state index contributed by atoms with van der Waals surface area (Å²) in [7, 11) is -2.56. The van der Waals surface area contributed by atoms with Crippen molar-refractivity contribution >= 4 is 21.4 Å². The van der Waals surface area contributed by atoms with Crippen LogP contribution in [0.2, 0.25) is 0 Å². The first-order chi connectivity index (χ1) is 13.1. The lowest BCUT2D eigenvalue weighted by atomic mass is 10.2. The molecule has 0 aliphatic heterocycles. The summed E-state index contributed by atoms with van der Waals surface area (Å²) < 4.78 is 30.7. The van der Waals surface area contributed by atoms with E-state index in [2.05, 4.69) is 4.72 Å². The fourth-order valence-corrected chi connectivity index (χ4v) is 3.97. The first kappa shape index (κ1) is 19.4. The number of aryl methyl sites for hydroxylation is 1. The van der Waals surface area contributed by atoms with E-state index in [1.807, 2.05) is 0 Å². The van der Waals surface area contributed by atoms with E-state index < -0.39 is 20.5 Å². The van der Waals surface area contributed by atoms with Crippen LogP contribution in [0.25, 0.3) is 5.69 Å². The number of anilines is 1. The van der Waals surface area contributed by atoms with Crippen molar-refractivity contribution in [1.29, 1.82) is 0 Å². The molecule has 0 saturated carbocycles. The summed E-state index contributed by atoms with van der Waals surface area (Å²) in [6.45, 7) is 3.12. The maximum Gasteiger partial charge on any atom is 0.296 e. The van der Waals surface area contributed by atoms with Crippen molar-refractivity contribution in [2.45, 2.75) is 18.7 Å². The zero-order chi connectivity index (χ0) is 20.6. The average Bonchev–Trinajstić information content (AvgIpc) is 2.85. The summed E-state index contributed by atoms with van der Waals surface area (Å²) in [4.78, 5) is 23.0. The van der Waals surface area contributed by atoms with E-state index >= 15 is 0 Å². The molecular formula is C18H18N4O5S. The Bertz CT molecular complexity index is 1230. The van der Waals surface area contributed by atoms with Crippen LogP contribution in [0.5, 0.6) is 0 Å². The molecule has 0 amide bonds. The molecule has 3 aromatic rings. The number of para-hydroxylation sites is 1. The second-order valence-electron chi connectivity index (χ2n) is 6.25. The van der Waals surface area contributed by atoms with Gasteiger partial charge in [0.25, 0.3) is 21.3 Å². The number of nitrogens with zero attached hydrogens (tertiary/aromatic N) is 3. The molecule has 10 heteroatoms. The fraction of sp³-hybridized carbons (Fsp3) is 0.167. The number of rotatable bonds is 5. The van der Waals surface area contributed by atoms with Gasteiger partial charge in [-0.15, -0.1) is 0 Å². The Morgan fingerprint density at radius 2 is 1.71 bits per heavy atom. The van der Waals surface area contributed by atoms with Crippen molar-refractivity contribution in [3.8, 4) is 5.69 Å². The van der Waals surface area contributed by atoms with E-state index in [-0.39, 0.29) is 16.3 Å². The number of aromatic nitrogens is 2. The smallest absolute Gasteiger partial charge is 0.283 e. The molecule has 0 spiro atoms. The first-order valence-electron chi connectivity index (χ1n) is 8.25. The first-order valence-corrected chi connectivity index (χ1v) is 9.73. The van der Waals surface area contributed by atoms with Gasteiger partial charge in [0.05, 0.1) is 21.2 Å². The lowest BCUT2D eigenvalue weighted by Crippen LogP contribution is -2.23. The Balaban J connectivity index is 2.09. The predicted molar refractivity (Wildman–Crippen MR) is 104 cm³/mol. The zero-order valence-electron chi connectivity index (χ0n) is 15.4. The zero-order valence-corrected chi connectivity index (χ0v) is 16.2. The van der Waals surface area contributed by atoms with E-state index in [4.69, 9.17) is 0 Å². The van der Waals surface area contributed by atoms with Crippen molar-refractivity contribution < 1.29 is 13.3 Å². The third-order valence-electron chi connectivity index (χ3n) is 4.48. The van der Waals surface area contributed by atoms with Gasteiger partial charge in [-0.05, 0) is 32.0 Å². The highest BCUT2D eigenvalue weighted by atomic mass is 32.2. The van der Waals surface area contributed by atoms with Crippen LogP contribution in [0, 0.1) is 24.0 Å². The Morgan fingerprint density at radius 3 is 2.32 bits per heavy atom. The second kappa shape index (κ2) is 6.97. The topological polar surface area (TPSA) is 116 Å². The molecule has 0 saturated heterocycles. The highest BCUT2D eigenvalue weighted by Gasteiger charge is 2.24. The number of benzene rings is 2. The van der Waals surface area contributed by atoms with Crippen LogP contribution in [0.15, 0.2) is 58.2 Å². The van der Waals surface area contributed by atoms with Crippen molar-refractivity contribution in [2.75, 3.05) is 4.72 Å². The molecule has 1 aromatic heterocycles. The quantitative estimate of drug-likeness (QED) is 0.520. The van der Waals surface area contributed by atoms with Crippen LogP contribution in [-0.4, -0.2) is 22.7 Å². The Morgan fingerprint density at radius 1 is 1.07 bits per heavy atom. The maximum absolute atomic E-state index is 12.9. The van der Waals surface area contributed by atoms with Crippen molar-refractivity contribution in [3.05, 3.63) is 80.3 Å². The summed E-state index contributed by atoms with van der Waals surface area (Å²) in [5.41, 5.74) is 0.347. The van der Waals surface area contributed by atoms with Gasteiger partial charge in [-0.3, -0.25) is 24.3 Å². The van der Waals surface area contributed by atoms with Gasteiger partial charge in [0.2, 0.25) is 0 Å². The van der Waals surface area contributed by atoms with Gasteiger partial charge in [-0.25, -0.2) is 13.1 Å². The van der Waals surface area contributed by atoms with Crippen LogP contribution >= 0.6 is 0 Å². The van der Waals surface area contributed by atoms with Crippen LogP contribution in [0.1, 0.15) is 11.3 Å². The van der Waals surface area contributed by atoms with Crippen LogP contribution in [0.3, 0.4) is 0 Å². The number of nitro groups is 1. The highest BCUT2D eigenvalue weighted by Crippen LogP contribution is 2.24. The summed E-state index contributed by atoms with van der Waals surface area (Å²) in [6.07, 6.45) is 0. The molecule has 0 aliphatic rings. The highest BCUT2D eigenvalue weighted by molar-refractivity contribution is 7.92. The Labute approximate surface area is 161 Å². The normalized spacial score (nSPS) is 11.4. The van der Waals surface area contributed by atoms with Crippen LogP contribution < -0.4 is 10.3 Å². The van der Waals surface area contributed by atoms with Gasteiger partial charge in [-0.2, -0.15) is 0 Å². The summed E-state index contributed by atoms with van der Waals surface area (Å²) in [5, 5.41) is 11.1. The predicted octanol–water partition coefficient (Wildman–Crippen LogP) is 2.50. The molecule has 9 nitrogen and oxygen atoms in total. The minimum absolute atomic E-state index is 0.116. The van der Waals surface area contributed by atoms with Crippen molar-refractivity contribution in [3.63, 3.8) is 0 Å².